The summed E-state index contributed by atoms with van der Waals surface area (Å²) >= 11 is 0. The number of nitrogens with zero attached hydrogens (tertiary/aromatic N) is 1. The van der Waals surface area contributed by atoms with Crippen molar-refractivity contribution in [2.75, 3.05) is 6.54 Å². The lowest BCUT2D eigenvalue weighted by Crippen LogP contribution is -2.25. The van der Waals surface area contributed by atoms with E-state index in [1.165, 1.54) is 30.5 Å². The first-order chi connectivity index (χ1) is 7.29. The van der Waals surface area contributed by atoms with Crippen molar-refractivity contribution in [3.05, 3.63) is 48.3 Å². The van der Waals surface area contributed by atoms with Crippen molar-refractivity contribution in [1.29, 1.82) is 0 Å². The third-order valence-electron chi connectivity index (χ3n) is 2.73. The Labute approximate surface area is 90.2 Å². The van der Waals surface area contributed by atoms with E-state index in [0.717, 1.165) is 13.1 Å². The van der Waals surface area contributed by atoms with Gasteiger partial charge in [-0.1, -0.05) is 18.2 Å². The molecule has 2 rings (SSSR count). The van der Waals surface area contributed by atoms with Crippen molar-refractivity contribution in [2.45, 2.75) is 25.4 Å². The third kappa shape index (κ3) is 2.90. The van der Waals surface area contributed by atoms with Gasteiger partial charge in [0.25, 0.3) is 0 Å². The molecule has 0 N–H and O–H groups in total. The molecule has 1 aromatic carbocycles. The molecule has 1 aliphatic rings. The van der Waals surface area contributed by atoms with E-state index < -0.39 is 0 Å². The topological polar surface area (TPSA) is 3.24 Å². The number of hydrogen-bond donors (Lipinski definition) is 0. The average molecular weight is 205 g/mol. The summed E-state index contributed by atoms with van der Waals surface area (Å²) in [5.74, 6) is -0.166. The molecule has 0 saturated heterocycles. The van der Waals surface area contributed by atoms with Gasteiger partial charge in [0.1, 0.15) is 5.82 Å². The monoisotopic (exact) mass is 205 g/mol. The molecular weight excluding hydrogens is 189 g/mol. The largest absolute Gasteiger partial charge is 0.292 e. The standard InChI is InChI=1S/C13H16FN/c1-2-9-15(13-7-8-13)10-11-3-5-12(14)6-4-11/h2-6,13H,1,7-10H2. The zero-order chi connectivity index (χ0) is 10.7. The summed E-state index contributed by atoms with van der Waals surface area (Å²) in [5, 5.41) is 0. The maximum Gasteiger partial charge on any atom is 0.123 e. The molecule has 15 heavy (non-hydrogen) atoms. The minimum atomic E-state index is -0.166. The summed E-state index contributed by atoms with van der Waals surface area (Å²) in [6, 6.07) is 7.47. The quantitative estimate of drug-likeness (QED) is 0.668. The van der Waals surface area contributed by atoms with Crippen LogP contribution in [0.25, 0.3) is 0 Å². The van der Waals surface area contributed by atoms with E-state index >= 15 is 0 Å². The molecule has 1 aromatic rings. The highest BCUT2D eigenvalue weighted by Crippen LogP contribution is 2.28. The Morgan fingerprint density at radius 1 is 1.33 bits per heavy atom. The summed E-state index contributed by atoms with van der Waals surface area (Å²) in [4.78, 5) is 2.39. The number of benzene rings is 1. The summed E-state index contributed by atoms with van der Waals surface area (Å²) in [6.07, 6.45) is 4.51. The second-order valence-corrected chi connectivity index (χ2v) is 4.08. The Hall–Kier alpha value is -1.15. The molecule has 0 aliphatic heterocycles. The fourth-order valence-corrected chi connectivity index (χ4v) is 1.77. The molecule has 0 amide bonds. The van der Waals surface area contributed by atoms with Gasteiger partial charge in [0, 0.05) is 19.1 Å². The van der Waals surface area contributed by atoms with Gasteiger partial charge >= 0.3 is 0 Å². The predicted molar refractivity (Wildman–Crippen MR) is 60.0 cm³/mol. The van der Waals surface area contributed by atoms with Crippen molar-refractivity contribution in [2.24, 2.45) is 0 Å². The molecule has 0 heterocycles. The van der Waals surface area contributed by atoms with Gasteiger partial charge in [0.05, 0.1) is 0 Å². The van der Waals surface area contributed by atoms with Gasteiger partial charge < -0.3 is 0 Å². The Morgan fingerprint density at radius 3 is 2.53 bits per heavy atom. The second-order valence-electron chi connectivity index (χ2n) is 4.08. The van der Waals surface area contributed by atoms with Gasteiger partial charge in [-0.3, -0.25) is 4.90 Å². The van der Waals surface area contributed by atoms with Crippen LogP contribution in [0.4, 0.5) is 4.39 Å². The summed E-state index contributed by atoms with van der Waals surface area (Å²) < 4.78 is 12.7. The Balaban J connectivity index is 1.98. The average Bonchev–Trinajstić information content (AvgIpc) is 3.04. The molecule has 0 bridgehead atoms. The lowest BCUT2D eigenvalue weighted by atomic mass is 10.2. The van der Waals surface area contributed by atoms with Crippen molar-refractivity contribution in [1.82, 2.24) is 4.90 Å². The minimum Gasteiger partial charge on any atom is -0.292 e. The van der Waals surface area contributed by atoms with Crippen LogP contribution in [0.5, 0.6) is 0 Å². The van der Waals surface area contributed by atoms with Gasteiger partial charge in [-0.05, 0) is 30.5 Å². The maximum atomic E-state index is 12.7. The third-order valence-corrected chi connectivity index (χ3v) is 2.73. The molecule has 1 aliphatic carbocycles. The first-order valence-electron chi connectivity index (χ1n) is 5.39. The minimum absolute atomic E-state index is 0.166. The van der Waals surface area contributed by atoms with Crippen LogP contribution in [0.1, 0.15) is 18.4 Å². The van der Waals surface area contributed by atoms with Crippen LogP contribution in [-0.2, 0) is 6.54 Å². The molecule has 2 heteroatoms. The molecule has 1 nitrogen and oxygen atoms in total. The highest BCUT2D eigenvalue weighted by atomic mass is 19.1. The fourth-order valence-electron chi connectivity index (χ4n) is 1.77. The second kappa shape index (κ2) is 4.58. The Bertz CT molecular complexity index is 327. The van der Waals surface area contributed by atoms with E-state index in [-0.39, 0.29) is 5.82 Å². The van der Waals surface area contributed by atoms with E-state index in [9.17, 15) is 4.39 Å². The molecule has 1 saturated carbocycles. The Morgan fingerprint density at radius 2 is 2.00 bits per heavy atom. The number of hydrogen-bond acceptors (Lipinski definition) is 1. The van der Waals surface area contributed by atoms with Crippen LogP contribution in [0, 0.1) is 5.82 Å². The first kappa shape index (κ1) is 10.4. The smallest absolute Gasteiger partial charge is 0.123 e. The van der Waals surface area contributed by atoms with Crippen molar-refractivity contribution >= 4 is 0 Å². The summed E-state index contributed by atoms with van der Waals surface area (Å²) in [6.45, 7) is 5.58. The van der Waals surface area contributed by atoms with E-state index in [4.69, 9.17) is 0 Å². The molecule has 1 fully saturated rings. The molecule has 0 spiro atoms. The highest BCUT2D eigenvalue weighted by molar-refractivity contribution is 5.16. The summed E-state index contributed by atoms with van der Waals surface area (Å²) in [5.41, 5.74) is 1.17. The zero-order valence-electron chi connectivity index (χ0n) is 8.82. The van der Waals surface area contributed by atoms with Gasteiger partial charge in [-0.25, -0.2) is 4.39 Å². The van der Waals surface area contributed by atoms with Crippen molar-refractivity contribution in [3.8, 4) is 0 Å². The van der Waals surface area contributed by atoms with Crippen LogP contribution in [0.2, 0.25) is 0 Å². The molecule has 80 valence electrons. The van der Waals surface area contributed by atoms with Crippen molar-refractivity contribution in [3.63, 3.8) is 0 Å². The first-order valence-corrected chi connectivity index (χ1v) is 5.39. The van der Waals surface area contributed by atoms with Crippen LogP contribution in [0.15, 0.2) is 36.9 Å². The molecule has 0 aromatic heterocycles. The van der Waals surface area contributed by atoms with E-state index in [0.29, 0.717) is 6.04 Å². The van der Waals surface area contributed by atoms with Crippen LogP contribution < -0.4 is 0 Å². The maximum absolute atomic E-state index is 12.7. The lowest BCUT2D eigenvalue weighted by molar-refractivity contribution is 0.284. The van der Waals surface area contributed by atoms with Crippen molar-refractivity contribution < 1.29 is 4.39 Å². The number of halogens is 1. The van der Waals surface area contributed by atoms with Gasteiger partial charge in [0.2, 0.25) is 0 Å². The van der Waals surface area contributed by atoms with E-state index in [1.54, 1.807) is 0 Å². The normalized spacial score (nSPS) is 15.6. The highest BCUT2D eigenvalue weighted by Gasteiger charge is 2.27. The lowest BCUT2D eigenvalue weighted by Gasteiger charge is -2.19. The molecular formula is C13H16FN. The molecule has 0 unspecified atom stereocenters. The SMILES string of the molecule is C=CCN(Cc1ccc(F)cc1)C1CC1. The van der Waals surface area contributed by atoms with Gasteiger partial charge in [-0.15, -0.1) is 6.58 Å². The van der Waals surface area contributed by atoms with E-state index in [2.05, 4.69) is 11.5 Å². The van der Waals surface area contributed by atoms with E-state index in [1.807, 2.05) is 18.2 Å². The van der Waals surface area contributed by atoms with Crippen LogP contribution in [0.3, 0.4) is 0 Å². The predicted octanol–water partition coefficient (Wildman–Crippen LogP) is 2.98. The van der Waals surface area contributed by atoms with Gasteiger partial charge in [-0.2, -0.15) is 0 Å². The molecule has 0 radical (unpaired) electrons. The fraction of sp³-hybridized carbons (Fsp3) is 0.385. The van der Waals surface area contributed by atoms with Gasteiger partial charge in [0.15, 0.2) is 0 Å². The van der Waals surface area contributed by atoms with Crippen LogP contribution >= 0.6 is 0 Å². The molecule has 0 atom stereocenters. The van der Waals surface area contributed by atoms with Crippen LogP contribution in [-0.4, -0.2) is 17.5 Å². The summed E-state index contributed by atoms with van der Waals surface area (Å²) in [7, 11) is 0. The number of rotatable bonds is 5. The zero-order valence-corrected chi connectivity index (χ0v) is 8.82. The Kier molecular flexibility index (Phi) is 3.17.